The van der Waals surface area contributed by atoms with Gasteiger partial charge in [0, 0.05) is 22.3 Å². The molecule has 0 bridgehead atoms. The van der Waals surface area contributed by atoms with Gasteiger partial charge in [-0.2, -0.15) is 19.9 Å². The lowest BCUT2D eigenvalue weighted by Gasteiger charge is -2.11. The topological polar surface area (TPSA) is 89.4 Å². The number of aromatic nitrogens is 6. The summed E-state index contributed by atoms with van der Waals surface area (Å²) in [6.07, 6.45) is 0. The molecule has 6 aromatic rings. The molecule has 2 aromatic heterocycles. The summed E-state index contributed by atoms with van der Waals surface area (Å²) >= 11 is 0. The van der Waals surface area contributed by atoms with Crippen LogP contribution < -0.4 is 5.32 Å². The van der Waals surface area contributed by atoms with Gasteiger partial charge in [0.05, 0.1) is 0 Å². The van der Waals surface area contributed by atoms with Gasteiger partial charge in [0.1, 0.15) is 0 Å². The summed E-state index contributed by atoms with van der Waals surface area (Å²) in [6, 6.07) is 39.3. The van der Waals surface area contributed by atoms with Crippen LogP contribution in [0.25, 0.3) is 45.6 Å². The normalized spacial score (nSPS) is 10.7. The molecule has 0 spiro atoms. The molecule has 0 aliphatic heterocycles. The standard InChI is InChI=1S/C30H21N7/c1-5-13-21(14-6-1)25-31-26(22-15-7-2-8-16-22)34-29(33-25)37-30-35-27(23-17-9-3-10-18-23)32-28(36-30)24-19-11-4-12-20-24/h1-20H,(H,31,32,33,34,35,36,37). The van der Waals surface area contributed by atoms with Gasteiger partial charge in [0.15, 0.2) is 23.3 Å². The molecule has 0 radical (unpaired) electrons. The van der Waals surface area contributed by atoms with Gasteiger partial charge in [-0.1, -0.05) is 121 Å². The van der Waals surface area contributed by atoms with Crippen molar-refractivity contribution >= 4 is 11.9 Å². The average Bonchev–Trinajstić information content (AvgIpc) is 2.99. The van der Waals surface area contributed by atoms with Gasteiger partial charge < -0.3 is 0 Å². The van der Waals surface area contributed by atoms with Crippen LogP contribution in [0.3, 0.4) is 0 Å². The van der Waals surface area contributed by atoms with Gasteiger partial charge >= 0.3 is 0 Å². The molecule has 7 nitrogen and oxygen atoms in total. The first-order chi connectivity index (χ1) is 18.3. The molecule has 176 valence electrons. The maximum atomic E-state index is 4.73. The molecule has 2 heterocycles. The summed E-state index contributed by atoms with van der Waals surface area (Å²) in [5.74, 6) is 2.90. The lowest BCUT2D eigenvalue weighted by molar-refractivity contribution is 1.03. The summed E-state index contributed by atoms with van der Waals surface area (Å²) in [5.41, 5.74) is 3.54. The van der Waals surface area contributed by atoms with E-state index in [9.17, 15) is 0 Å². The number of hydrogen-bond acceptors (Lipinski definition) is 7. The summed E-state index contributed by atoms with van der Waals surface area (Å²) < 4.78 is 0. The summed E-state index contributed by atoms with van der Waals surface area (Å²) in [5, 5.41) is 3.22. The molecule has 7 heteroatoms. The van der Waals surface area contributed by atoms with Crippen molar-refractivity contribution in [1.82, 2.24) is 29.9 Å². The van der Waals surface area contributed by atoms with E-state index in [4.69, 9.17) is 29.9 Å². The quantitative estimate of drug-likeness (QED) is 0.293. The number of benzene rings is 4. The first kappa shape index (κ1) is 22.2. The fourth-order valence-corrected chi connectivity index (χ4v) is 3.83. The van der Waals surface area contributed by atoms with Gasteiger partial charge in [0.25, 0.3) is 0 Å². The lowest BCUT2D eigenvalue weighted by Crippen LogP contribution is -2.07. The number of nitrogens with one attached hydrogen (secondary N) is 1. The number of nitrogens with zero attached hydrogens (tertiary/aromatic N) is 6. The monoisotopic (exact) mass is 479 g/mol. The Bertz CT molecular complexity index is 1390. The van der Waals surface area contributed by atoms with Crippen molar-refractivity contribution in [1.29, 1.82) is 0 Å². The summed E-state index contributed by atoms with van der Waals surface area (Å²) in [4.78, 5) is 28.2. The van der Waals surface area contributed by atoms with Gasteiger partial charge in [0.2, 0.25) is 11.9 Å². The Kier molecular flexibility index (Phi) is 6.07. The molecule has 0 unspecified atom stereocenters. The molecular weight excluding hydrogens is 458 g/mol. The highest BCUT2D eigenvalue weighted by Crippen LogP contribution is 2.25. The molecule has 0 saturated carbocycles. The summed E-state index contributed by atoms with van der Waals surface area (Å²) in [6.45, 7) is 0. The average molecular weight is 480 g/mol. The Morgan fingerprint density at radius 2 is 0.541 bits per heavy atom. The third-order valence-corrected chi connectivity index (χ3v) is 5.62. The molecule has 0 amide bonds. The molecule has 0 saturated heterocycles. The maximum absolute atomic E-state index is 4.73. The molecule has 0 fully saturated rings. The van der Waals surface area contributed by atoms with E-state index in [1.165, 1.54) is 0 Å². The molecule has 4 aromatic carbocycles. The minimum Gasteiger partial charge on any atom is -0.292 e. The zero-order chi connectivity index (χ0) is 24.9. The maximum Gasteiger partial charge on any atom is 0.233 e. The third-order valence-electron chi connectivity index (χ3n) is 5.62. The van der Waals surface area contributed by atoms with E-state index in [1.54, 1.807) is 0 Å². The molecule has 37 heavy (non-hydrogen) atoms. The van der Waals surface area contributed by atoms with Crippen molar-refractivity contribution in [2.75, 3.05) is 5.32 Å². The SMILES string of the molecule is c1ccc(-c2nc(Nc3nc(-c4ccccc4)nc(-c4ccccc4)n3)nc(-c3ccccc3)n2)cc1. The first-order valence-electron chi connectivity index (χ1n) is 11.8. The van der Waals surface area contributed by atoms with Gasteiger partial charge in [-0.15, -0.1) is 0 Å². The van der Waals surface area contributed by atoms with Crippen molar-refractivity contribution in [3.63, 3.8) is 0 Å². The van der Waals surface area contributed by atoms with E-state index >= 15 is 0 Å². The highest BCUT2D eigenvalue weighted by Gasteiger charge is 2.14. The van der Waals surface area contributed by atoms with E-state index in [0.29, 0.717) is 35.2 Å². The van der Waals surface area contributed by atoms with E-state index < -0.39 is 0 Å². The minimum absolute atomic E-state index is 0.344. The highest BCUT2D eigenvalue weighted by atomic mass is 15.2. The Morgan fingerprint density at radius 3 is 0.784 bits per heavy atom. The largest absolute Gasteiger partial charge is 0.292 e. The van der Waals surface area contributed by atoms with Crippen molar-refractivity contribution in [3.8, 4) is 45.6 Å². The van der Waals surface area contributed by atoms with E-state index in [0.717, 1.165) is 22.3 Å². The Labute approximate surface area is 214 Å². The second kappa shape index (κ2) is 10.1. The van der Waals surface area contributed by atoms with Gasteiger partial charge in [-0.3, -0.25) is 5.32 Å². The number of hydrogen-bond donors (Lipinski definition) is 1. The second-order valence-electron chi connectivity index (χ2n) is 8.20. The second-order valence-corrected chi connectivity index (χ2v) is 8.20. The van der Waals surface area contributed by atoms with Crippen LogP contribution in [0.5, 0.6) is 0 Å². The Hall–Kier alpha value is -5.30. The van der Waals surface area contributed by atoms with E-state index in [1.807, 2.05) is 121 Å². The van der Waals surface area contributed by atoms with Crippen LogP contribution in [0.4, 0.5) is 11.9 Å². The van der Waals surface area contributed by atoms with Crippen molar-refractivity contribution in [2.45, 2.75) is 0 Å². The van der Waals surface area contributed by atoms with Gasteiger partial charge in [-0.05, 0) is 0 Å². The summed E-state index contributed by atoms with van der Waals surface area (Å²) in [7, 11) is 0. The molecule has 0 aliphatic rings. The Morgan fingerprint density at radius 1 is 0.297 bits per heavy atom. The van der Waals surface area contributed by atoms with Crippen LogP contribution in [-0.4, -0.2) is 29.9 Å². The molecular formula is C30H21N7. The Balaban J connectivity index is 1.46. The van der Waals surface area contributed by atoms with Crippen LogP contribution in [0.15, 0.2) is 121 Å². The zero-order valence-electron chi connectivity index (χ0n) is 19.7. The molecule has 0 aliphatic carbocycles. The fraction of sp³-hybridized carbons (Fsp3) is 0. The van der Waals surface area contributed by atoms with E-state index in [-0.39, 0.29) is 0 Å². The predicted octanol–water partition coefficient (Wildman–Crippen LogP) is 6.47. The van der Waals surface area contributed by atoms with Crippen molar-refractivity contribution in [2.24, 2.45) is 0 Å². The van der Waals surface area contributed by atoms with Crippen LogP contribution >= 0.6 is 0 Å². The highest BCUT2D eigenvalue weighted by molar-refractivity contribution is 5.66. The minimum atomic E-state index is 0.344. The third kappa shape index (κ3) is 5.06. The zero-order valence-corrected chi connectivity index (χ0v) is 19.7. The van der Waals surface area contributed by atoms with E-state index in [2.05, 4.69) is 5.32 Å². The van der Waals surface area contributed by atoms with Crippen molar-refractivity contribution in [3.05, 3.63) is 121 Å². The number of anilines is 2. The van der Waals surface area contributed by atoms with Gasteiger partial charge in [-0.25, -0.2) is 9.97 Å². The molecule has 0 atom stereocenters. The predicted molar refractivity (Wildman–Crippen MR) is 145 cm³/mol. The first-order valence-corrected chi connectivity index (χ1v) is 11.8. The molecule has 6 rings (SSSR count). The molecule has 1 N–H and O–H groups in total. The van der Waals surface area contributed by atoms with Crippen LogP contribution in [0.2, 0.25) is 0 Å². The van der Waals surface area contributed by atoms with Crippen LogP contribution in [0, 0.1) is 0 Å². The van der Waals surface area contributed by atoms with Crippen LogP contribution in [-0.2, 0) is 0 Å². The van der Waals surface area contributed by atoms with Crippen molar-refractivity contribution < 1.29 is 0 Å². The lowest BCUT2D eigenvalue weighted by atomic mass is 10.2. The number of rotatable bonds is 6. The van der Waals surface area contributed by atoms with Crippen LogP contribution in [0.1, 0.15) is 0 Å². The fourth-order valence-electron chi connectivity index (χ4n) is 3.83. The smallest absolute Gasteiger partial charge is 0.233 e.